The lowest BCUT2D eigenvalue weighted by Gasteiger charge is -2.26. The summed E-state index contributed by atoms with van der Waals surface area (Å²) < 4.78 is 42.7. The highest BCUT2D eigenvalue weighted by Gasteiger charge is 2.20. The second-order valence-corrected chi connectivity index (χ2v) is 9.13. The predicted octanol–water partition coefficient (Wildman–Crippen LogP) is 2.53. The second kappa shape index (κ2) is 9.41. The summed E-state index contributed by atoms with van der Waals surface area (Å²) in [6, 6.07) is 15.3. The van der Waals surface area contributed by atoms with Crippen molar-refractivity contribution in [2.24, 2.45) is 0 Å². The molecule has 1 fully saturated rings. The van der Waals surface area contributed by atoms with E-state index in [1.807, 2.05) is 30.3 Å². The molecule has 2 aromatic carbocycles. The molecule has 162 valence electrons. The number of para-hydroxylation sites is 1. The van der Waals surface area contributed by atoms with Crippen LogP contribution in [-0.4, -0.2) is 54.9 Å². The highest BCUT2D eigenvalue weighted by atomic mass is 32.2. The molecule has 1 aliphatic heterocycles. The third kappa shape index (κ3) is 5.57. The summed E-state index contributed by atoms with van der Waals surface area (Å²) in [5.74, 6) is 1.60. The summed E-state index contributed by atoms with van der Waals surface area (Å²) in [5.41, 5.74) is 0. The smallest absolute Gasteiger partial charge is 0.263 e. The number of morpholine rings is 1. The van der Waals surface area contributed by atoms with Crippen LogP contribution in [0.3, 0.4) is 0 Å². The molecule has 0 radical (unpaired) electrons. The molecule has 0 aliphatic carbocycles. The fraction of sp³-hybridized carbons (Fsp3) is 0.250. The number of sulfonamides is 1. The first-order valence-electron chi connectivity index (χ1n) is 9.53. The molecular weight excluding hydrogens is 440 g/mol. The number of benzene rings is 2. The van der Waals surface area contributed by atoms with Crippen LogP contribution in [0, 0.1) is 0 Å². The number of nitrogens with one attached hydrogen (secondary N) is 1. The van der Waals surface area contributed by atoms with Gasteiger partial charge in [-0.2, -0.15) is 4.37 Å². The van der Waals surface area contributed by atoms with Crippen LogP contribution in [0.1, 0.15) is 5.82 Å². The van der Waals surface area contributed by atoms with Crippen molar-refractivity contribution in [3.63, 3.8) is 0 Å². The van der Waals surface area contributed by atoms with Crippen molar-refractivity contribution < 1.29 is 22.7 Å². The number of carbonyl (C=O) groups excluding carboxylic acids is 1. The van der Waals surface area contributed by atoms with E-state index < -0.39 is 10.0 Å². The highest BCUT2D eigenvalue weighted by molar-refractivity contribution is 7.93. The predicted molar refractivity (Wildman–Crippen MR) is 115 cm³/mol. The molecule has 0 saturated carbocycles. The molecule has 11 heteroatoms. The number of hydrogen-bond acceptors (Lipinski definition) is 8. The molecule has 1 N–H and O–H groups in total. The third-order valence-electron chi connectivity index (χ3n) is 4.49. The zero-order valence-electron chi connectivity index (χ0n) is 16.4. The van der Waals surface area contributed by atoms with Gasteiger partial charge in [0.2, 0.25) is 11.0 Å². The quantitative estimate of drug-likeness (QED) is 0.550. The zero-order valence-corrected chi connectivity index (χ0v) is 18.1. The SMILES string of the molecule is O=C1COCCN1CCc1nsc(NS(=O)(=O)c2ccc(Oc3ccccc3)cc2)n1. The van der Waals surface area contributed by atoms with Crippen LogP contribution in [-0.2, 0) is 26.0 Å². The van der Waals surface area contributed by atoms with E-state index >= 15 is 0 Å². The number of aromatic nitrogens is 2. The van der Waals surface area contributed by atoms with Crippen molar-refractivity contribution in [1.29, 1.82) is 0 Å². The zero-order chi connectivity index (χ0) is 21.7. The van der Waals surface area contributed by atoms with E-state index in [-0.39, 0.29) is 22.5 Å². The van der Waals surface area contributed by atoms with E-state index in [0.29, 0.717) is 43.4 Å². The molecule has 4 rings (SSSR count). The minimum atomic E-state index is -3.81. The van der Waals surface area contributed by atoms with Gasteiger partial charge in [0.1, 0.15) is 23.9 Å². The Hall–Kier alpha value is -3.02. The van der Waals surface area contributed by atoms with E-state index in [0.717, 1.165) is 11.5 Å². The Labute approximate surface area is 183 Å². The third-order valence-corrected chi connectivity index (χ3v) is 6.64. The van der Waals surface area contributed by atoms with Crippen molar-refractivity contribution >= 4 is 32.6 Å². The van der Waals surface area contributed by atoms with Crippen LogP contribution in [0.5, 0.6) is 11.5 Å². The van der Waals surface area contributed by atoms with Crippen molar-refractivity contribution in [1.82, 2.24) is 14.3 Å². The van der Waals surface area contributed by atoms with Crippen LogP contribution >= 0.6 is 11.5 Å². The van der Waals surface area contributed by atoms with Gasteiger partial charge < -0.3 is 14.4 Å². The maximum absolute atomic E-state index is 12.6. The van der Waals surface area contributed by atoms with Gasteiger partial charge in [0.25, 0.3) is 10.0 Å². The molecule has 0 atom stereocenters. The van der Waals surface area contributed by atoms with Crippen LogP contribution in [0.4, 0.5) is 5.13 Å². The normalized spacial score (nSPS) is 14.5. The van der Waals surface area contributed by atoms with Crippen LogP contribution in [0.25, 0.3) is 0 Å². The lowest BCUT2D eigenvalue weighted by Crippen LogP contribution is -2.42. The molecule has 9 nitrogen and oxygen atoms in total. The number of amides is 1. The Kier molecular flexibility index (Phi) is 6.44. The fourth-order valence-electron chi connectivity index (χ4n) is 2.90. The number of carbonyl (C=O) groups is 1. The molecular formula is C20H20N4O5S2. The van der Waals surface area contributed by atoms with Gasteiger partial charge in [0, 0.05) is 31.0 Å². The summed E-state index contributed by atoms with van der Waals surface area (Å²) in [7, 11) is -3.81. The fourth-order valence-corrected chi connectivity index (χ4v) is 4.74. The molecule has 3 aromatic rings. The lowest BCUT2D eigenvalue weighted by atomic mass is 10.3. The van der Waals surface area contributed by atoms with E-state index in [1.54, 1.807) is 17.0 Å². The first kappa shape index (κ1) is 21.2. The Balaban J connectivity index is 1.35. The average molecular weight is 461 g/mol. The van der Waals surface area contributed by atoms with Crippen LogP contribution < -0.4 is 9.46 Å². The van der Waals surface area contributed by atoms with Gasteiger partial charge in [0.15, 0.2) is 0 Å². The maximum Gasteiger partial charge on any atom is 0.263 e. The van der Waals surface area contributed by atoms with Gasteiger partial charge in [-0.25, -0.2) is 13.4 Å². The molecule has 0 bridgehead atoms. The number of ether oxygens (including phenoxy) is 2. The van der Waals surface area contributed by atoms with E-state index in [9.17, 15) is 13.2 Å². The molecule has 2 heterocycles. The van der Waals surface area contributed by atoms with Gasteiger partial charge in [-0.3, -0.25) is 9.52 Å². The van der Waals surface area contributed by atoms with Gasteiger partial charge >= 0.3 is 0 Å². The first-order chi connectivity index (χ1) is 15.0. The largest absolute Gasteiger partial charge is 0.457 e. The molecule has 1 amide bonds. The van der Waals surface area contributed by atoms with E-state index in [2.05, 4.69) is 14.1 Å². The van der Waals surface area contributed by atoms with Crippen molar-refractivity contribution in [2.45, 2.75) is 11.3 Å². The second-order valence-electron chi connectivity index (χ2n) is 6.69. The summed E-state index contributed by atoms with van der Waals surface area (Å²) in [4.78, 5) is 17.8. The Morgan fingerprint density at radius 3 is 2.58 bits per heavy atom. The van der Waals surface area contributed by atoms with E-state index in [1.165, 1.54) is 12.1 Å². The van der Waals surface area contributed by atoms with Crippen LogP contribution in [0.15, 0.2) is 59.5 Å². The van der Waals surface area contributed by atoms with Crippen molar-refractivity contribution in [2.75, 3.05) is 31.0 Å². The minimum absolute atomic E-state index is 0.0675. The summed E-state index contributed by atoms with van der Waals surface area (Å²) in [5, 5.41) is 0.174. The van der Waals surface area contributed by atoms with Gasteiger partial charge in [-0.15, -0.1) is 0 Å². The number of hydrogen-bond donors (Lipinski definition) is 1. The van der Waals surface area contributed by atoms with Gasteiger partial charge in [0.05, 0.1) is 11.5 Å². The van der Waals surface area contributed by atoms with Gasteiger partial charge in [-0.1, -0.05) is 18.2 Å². The molecule has 1 aromatic heterocycles. The first-order valence-corrected chi connectivity index (χ1v) is 11.8. The number of anilines is 1. The number of nitrogens with zero attached hydrogens (tertiary/aromatic N) is 3. The summed E-state index contributed by atoms with van der Waals surface area (Å²) in [6.07, 6.45) is 0.440. The maximum atomic E-state index is 12.6. The van der Waals surface area contributed by atoms with Gasteiger partial charge in [-0.05, 0) is 36.4 Å². The molecule has 31 heavy (non-hydrogen) atoms. The summed E-state index contributed by atoms with van der Waals surface area (Å²) in [6.45, 7) is 1.60. The molecule has 0 spiro atoms. The average Bonchev–Trinajstić information content (AvgIpc) is 3.21. The number of rotatable bonds is 8. The Bertz CT molecular complexity index is 1130. The monoisotopic (exact) mass is 460 g/mol. The minimum Gasteiger partial charge on any atom is -0.457 e. The topological polar surface area (TPSA) is 111 Å². The lowest BCUT2D eigenvalue weighted by molar-refractivity contribution is -0.142. The molecule has 0 unspecified atom stereocenters. The molecule has 1 saturated heterocycles. The highest BCUT2D eigenvalue weighted by Crippen LogP contribution is 2.24. The van der Waals surface area contributed by atoms with E-state index in [4.69, 9.17) is 9.47 Å². The van der Waals surface area contributed by atoms with Crippen LogP contribution in [0.2, 0.25) is 0 Å². The van der Waals surface area contributed by atoms with Crippen molar-refractivity contribution in [3.8, 4) is 11.5 Å². The Morgan fingerprint density at radius 1 is 1.10 bits per heavy atom. The Morgan fingerprint density at radius 2 is 1.84 bits per heavy atom. The standard InChI is InChI=1S/C20H20N4O5S2/c25-19-14-28-13-12-24(19)11-10-18-21-20(30-22-18)23-31(26,27)17-8-6-16(7-9-17)29-15-4-2-1-3-5-15/h1-9H,10-14H2,(H,21,22,23). The molecule has 1 aliphatic rings. The van der Waals surface area contributed by atoms with Crippen molar-refractivity contribution in [3.05, 3.63) is 60.4 Å². The summed E-state index contributed by atoms with van der Waals surface area (Å²) >= 11 is 0.959.